The zero-order valence-corrected chi connectivity index (χ0v) is 35.5. The molecule has 12 rings (SSSR count). The first-order chi connectivity index (χ1) is 32.0. The van der Waals surface area contributed by atoms with Gasteiger partial charge in [0.25, 0.3) is 0 Å². The van der Waals surface area contributed by atoms with Gasteiger partial charge in [-0.25, -0.2) is 0 Å². The number of aromatic nitrogens is 1. The summed E-state index contributed by atoms with van der Waals surface area (Å²) in [6.07, 6.45) is 0. The molecule has 1 aliphatic carbocycles. The lowest BCUT2D eigenvalue weighted by Crippen LogP contribution is -2.28. The van der Waals surface area contributed by atoms with Gasteiger partial charge in [-0.2, -0.15) is 0 Å². The van der Waals surface area contributed by atoms with Gasteiger partial charge in [-0.1, -0.05) is 188 Å². The number of hydrogen-bond donors (Lipinski definition) is 0. The Balaban J connectivity index is 0.971. The number of anilines is 3. The molecule has 0 atom stereocenters. The molecule has 0 spiro atoms. The number of benzene rings is 10. The molecule has 0 N–H and O–H groups in total. The van der Waals surface area contributed by atoms with Gasteiger partial charge in [-0.3, -0.25) is 0 Å². The average Bonchev–Trinajstić information content (AvgIpc) is 3.85. The SMILES string of the molecule is [2H]c1ccc2c(c1)c1cc(-c3ccc(N(c4ccc(C)cc4)c4ccc(-c5ccccc5)cc4)cc3)ccc1n2-c1ccc2c(c1)C(c1ccccc1)(c1ccccc1)c1ccccc1-2. The Morgan fingerprint density at radius 2 is 0.906 bits per heavy atom. The van der Waals surface area contributed by atoms with Crippen LogP contribution in [-0.4, -0.2) is 4.57 Å². The van der Waals surface area contributed by atoms with Crippen LogP contribution in [0.25, 0.3) is 60.9 Å². The average molecular weight is 818 g/mol. The first kappa shape index (κ1) is 36.5. The quantitative estimate of drug-likeness (QED) is 0.148. The van der Waals surface area contributed by atoms with Crippen molar-refractivity contribution < 1.29 is 1.37 Å². The predicted octanol–water partition coefficient (Wildman–Crippen LogP) is 16.3. The van der Waals surface area contributed by atoms with Crippen LogP contribution < -0.4 is 4.90 Å². The summed E-state index contributed by atoms with van der Waals surface area (Å²) in [5.74, 6) is 0. The minimum atomic E-state index is -0.502. The number of hydrogen-bond acceptors (Lipinski definition) is 1. The van der Waals surface area contributed by atoms with E-state index in [2.05, 4.69) is 247 Å². The third kappa shape index (κ3) is 6.02. The first-order valence-corrected chi connectivity index (χ1v) is 22.1. The maximum absolute atomic E-state index is 8.76. The molecule has 1 aromatic heterocycles. The molecular weight excluding hydrogens is 773 g/mol. The fourth-order valence-electron chi connectivity index (χ4n) is 10.3. The van der Waals surface area contributed by atoms with Gasteiger partial charge in [0, 0.05) is 33.5 Å². The molecule has 0 saturated carbocycles. The molecule has 0 radical (unpaired) electrons. The van der Waals surface area contributed by atoms with E-state index in [0.717, 1.165) is 55.7 Å². The van der Waals surface area contributed by atoms with Crippen molar-refractivity contribution in [2.24, 2.45) is 0 Å². The minimum absolute atomic E-state index is 0.496. The molecule has 10 aromatic carbocycles. The van der Waals surface area contributed by atoms with E-state index >= 15 is 0 Å². The smallest absolute Gasteiger partial charge is 0.0714 e. The van der Waals surface area contributed by atoms with E-state index in [1.54, 1.807) is 0 Å². The Morgan fingerprint density at radius 3 is 1.56 bits per heavy atom. The van der Waals surface area contributed by atoms with Gasteiger partial charge in [0.1, 0.15) is 0 Å². The van der Waals surface area contributed by atoms with Crippen molar-refractivity contribution in [2.45, 2.75) is 12.3 Å². The number of para-hydroxylation sites is 1. The summed E-state index contributed by atoms with van der Waals surface area (Å²) in [4.78, 5) is 2.32. The largest absolute Gasteiger partial charge is 0.311 e. The van der Waals surface area contributed by atoms with Crippen LogP contribution in [0.2, 0.25) is 0 Å². The molecule has 0 aliphatic heterocycles. The highest BCUT2D eigenvalue weighted by Gasteiger charge is 2.46. The highest BCUT2D eigenvalue weighted by atomic mass is 15.1. The summed E-state index contributed by atoms with van der Waals surface area (Å²) in [6.45, 7) is 2.13. The number of fused-ring (bicyclic) bond motifs is 6. The molecule has 0 unspecified atom stereocenters. The van der Waals surface area contributed by atoms with Crippen molar-refractivity contribution in [1.82, 2.24) is 4.57 Å². The molecule has 302 valence electrons. The van der Waals surface area contributed by atoms with Crippen LogP contribution in [0.4, 0.5) is 17.1 Å². The standard InChI is InChI=1S/C62H44N2/c1-43-25-32-50(33-26-43)63(51-34-27-45(28-35-51)44-15-5-2-6-16-44)52-36-29-46(30-37-52)47-31-40-61-57(41-47)56-22-12-14-24-60(56)64(61)53-38-39-55-54-21-11-13-23-58(54)62(59(55)42-53,48-17-7-3-8-18-48)49-19-9-4-10-20-49/h2-42H,1H3/i12D. The third-order valence-corrected chi connectivity index (χ3v) is 13.3. The number of nitrogens with zero attached hydrogens (tertiary/aromatic N) is 2. The van der Waals surface area contributed by atoms with E-state index in [9.17, 15) is 0 Å². The maximum atomic E-state index is 8.76. The van der Waals surface area contributed by atoms with Gasteiger partial charge in [-0.15, -0.1) is 0 Å². The zero-order valence-electron chi connectivity index (χ0n) is 36.5. The molecular formula is C62H44N2. The summed E-state index contributed by atoms with van der Waals surface area (Å²) in [6, 6.07) is 88.3. The minimum Gasteiger partial charge on any atom is -0.311 e. The Kier molecular flexibility index (Phi) is 8.72. The Morgan fingerprint density at radius 1 is 0.391 bits per heavy atom. The van der Waals surface area contributed by atoms with Crippen molar-refractivity contribution in [3.8, 4) is 39.1 Å². The van der Waals surface area contributed by atoms with Crippen LogP contribution in [-0.2, 0) is 5.41 Å². The van der Waals surface area contributed by atoms with Crippen LogP contribution in [0, 0.1) is 6.92 Å². The lowest BCUT2D eigenvalue weighted by Gasteiger charge is -2.34. The monoisotopic (exact) mass is 817 g/mol. The van der Waals surface area contributed by atoms with Crippen molar-refractivity contribution in [1.29, 1.82) is 0 Å². The highest BCUT2D eigenvalue weighted by molar-refractivity contribution is 6.10. The van der Waals surface area contributed by atoms with Crippen molar-refractivity contribution in [2.75, 3.05) is 4.90 Å². The van der Waals surface area contributed by atoms with Crippen LogP contribution in [0.5, 0.6) is 0 Å². The Labute approximate surface area is 376 Å². The fourth-order valence-corrected chi connectivity index (χ4v) is 10.3. The molecule has 0 bridgehead atoms. The Hall–Kier alpha value is -8.20. The third-order valence-electron chi connectivity index (χ3n) is 13.3. The van der Waals surface area contributed by atoms with Gasteiger partial charge < -0.3 is 9.47 Å². The second kappa shape index (κ2) is 15.3. The van der Waals surface area contributed by atoms with Crippen LogP contribution in [0.1, 0.15) is 29.2 Å². The molecule has 64 heavy (non-hydrogen) atoms. The second-order valence-electron chi connectivity index (χ2n) is 16.9. The van der Waals surface area contributed by atoms with Crippen LogP contribution in [0.3, 0.4) is 0 Å². The normalized spacial score (nSPS) is 12.8. The summed E-state index contributed by atoms with van der Waals surface area (Å²) in [7, 11) is 0. The zero-order chi connectivity index (χ0) is 43.5. The number of rotatable bonds is 8. The van der Waals surface area contributed by atoms with Crippen molar-refractivity contribution >= 4 is 38.9 Å². The summed E-state index contributed by atoms with van der Waals surface area (Å²) in [5.41, 5.74) is 19.5. The lowest BCUT2D eigenvalue weighted by atomic mass is 9.67. The molecule has 11 aromatic rings. The molecule has 1 heterocycles. The Bertz CT molecular complexity index is 3480. The topological polar surface area (TPSA) is 8.17 Å². The molecule has 2 nitrogen and oxygen atoms in total. The second-order valence-corrected chi connectivity index (χ2v) is 16.9. The summed E-state index contributed by atoms with van der Waals surface area (Å²) < 4.78 is 11.2. The van der Waals surface area contributed by atoms with Gasteiger partial charge in [0.05, 0.1) is 17.8 Å². The van der Waals surface area contributed by atoms with Crippen LogP contribution in [0.15, 0.2) is 249 Å². The number of aryl methyl sites for hydroxylation is 1. The van der Waals surface area contributed by atoms with Crippen LogP contribution >= 0.6 is 0 Å². The van der Waals surface area contributed by atoms with Gasteiger partial charge in [0.2, 0.25) is 0 Å². The van der Waals surface area contributed by atoms with Crippen molar-refractivity contribution in [3.63, 3.8) is 0 Å². The van der Waals surface area contributed by atoms with Gasteiger partial charge >= 0.3 is 0 Å². The van der Waals surface area contributed by atoms with Crippen molar-refractivity contribution in [3.05, 3.63) is 277 Å². The van der Waals surface area contributed by atoms with E-state index in [0.29, 0.717) is 6.04 Å². The van der Waals surface area contributed by atoms with E-state index in [1.165, 1.54) is 50.1 Å². The fraction of sp³-hybridized carbons (Fsp3) is 0.0323. The molecule has 2 heteroatoms. The lowest BCUT2D eigenvalue weighted by molar-refractivity contribution is 0.767. The van der Waals surface area contributed by atoms with Gasteiger partial charge in [-0.05, 0) is 129 Å². The molecule has 1 aliphatic rings. The molecule has 0 fully saturated rings. The van der Waals surface area contributed by atoms with E-state index in [-0.39, 0.29) is 0 Å². The van der Waals surface area contributed by atoms with Gasteiger partial charge in [0.15, 0.2) is 0 Å². The maximum Gasteiger partial charge on any atom is 0.0714 e. The summed E-state index contributed by atoms with van der Waals surface area (Å²) >= 11 is 0. The molecule has 0 amide bonds. The summed E-state index contributed by atoms with van der Waals surface area (Å²) in [5, 5.41) is 2.19. The highest BCUT2D eigenvalue weighted by Crippen LogP contribution is 2.56. The van der Waals surface area contributed by atoms with E-state index < -0.39 is 5.41 Å². The molecule has 0 saturated heterocycles. The van der Waals surface area contributed by atoms with E-state index in [1.807, 2.05) is 12.1 Å². The van der Waals surface area contributed by atoms with E-state index in [4.69, 9.17) is 1.37 Å². The predicted molar refractivity (Wildman–Crippen MR) is 268 cm³/mol. The first-order valence-electron chi connectivity index (χ1n) is 22.6.